The fraction of sp³-hybridized carbons (Fsp3) is 0.250. The summed E-state index contributed by atoms with van der Waals surface area (Å²) in [4.78, 5) is 15.2. The summed E-state index contributed by atoms with van der Waals surface area (Å²) in [6, 6.07) is 4.12. The van der Waals surface area contributed by atoms with E-state index in [9.17, 15) is 4.79 Å². The van der Waals surface area contributed by atoms with Crippen LogP contribution >= 0.6 is 0 Å². The van der Waals surface area contributed by atoms with E-state index in [0.717, 1.165) is 29.6 Å². The molecule has 0 saturated carbocycles. The van der Waals surface area contributed by atoms with Crippen LogP contribution in [0, 0.1) is 0 Å². The van der Waals surface area contributed by atoms with Crippen LogP contribution in [0.1, 0.15) is 24.7 Å². The molecule has 124 valence electrons. The van der Waals surface area contributed by atoms with Crippen LogP contribution in [0.25, 0.3) is 17.0 Å². The topological polar surface area (TPSA) is 97.9 Å². The molecule has 3 aromatic rings. The van der Waals surface area contributed by atoms with Gasteiger partial charge in [0.1, 0.15) is 5.69 Å². The van der Waals surface area contributed by atoms with E-state index in [4.69, 9.17) is 5.21 Å². The van der Waals surface area contributed by atoms with Crippen molar-refractivity contribution in [3.63, 3.8) is 0 Å². The Bertz CT molecular complexity index is 880. The van der Waals surface area contributed by atoms with Gasteiger partial charge in [-0.3, -0.25) is 15.0 Å². The normalized spacial score (nSPS) is 11.4. The number of fused-ring (bicyclic) bond motifs is 1. The zero-order valence-corrected chi connectivity index (χ0v) is 13.3. The summed E-state index contributed by atoms with van der Waals surface area (Å²) in [6.45, 7) is 3.61. The number of carbonyl (C=O) groups is 1. The number of pyridine rings is 1. The van der Waals surface area contributed by atoms with Gasteiger partial charge in [-0.25, -0.2) is 10.2 Å². The molecule has 0 atom stereocenters. The predicted octanol–water partition coefficient (Wildman–Crippen LogP) is 1.60. The lowest BCUT2D eigenvalue weighted by atomic mass is 10.3. The first-order valence-corrected chi connectivity index (χ1v) is 7.65. The molecule has 3 aromatic heterocycles. The molecule has 0 aromatic carbocycles. The smallest absolute Gasteiger partial charge is 0.267 e. The summed E-state index contributed by atoms with van der Waals surface area (Å²) in [5, 5.41) is 17.7. The van der Waals surface area contributed by atoms with Crippen LogP contribution in [-0.4, -0.2) is 35.7 Å². The fourth-order valence-corrected chi connectivity index (χ4v) is 2.61. The van der Waals surface area contributed by atoms with Gasteiger partial charge in [-0.15, -0.1) is 5.10 Å². The number of aromatic nitrogens is 5. The highest BCUT2D eigenvalue weighted by atomic mass is 16.5. The number of carbonyl (C=O) groups excluding carboxylic acids is 1. The van der Waals surface area contributed by atoms with Crippen molar-refractivity contribution < 1.29 is 10.0 Å². The van der Waals surface area contributed by atoms with Gasteiger partial charge in [0.2, 0.25) is 0 Å². The van der Waals surface area contributed by atoms with Gasteiger partial charge in [-0.05, 0) is 24.6 Å². The van der Waals surface area contributed by atoms with Gasteiger partial charge in [-0.1, -0.05) is 12.1 Å². The number of aryl methyl sites for hydroxylation is 1. The van der Waals surface area contributed by atoms with E-state index in [1.165, 1.54) is 17.6 Å². The van der Waals surface area contributed by atoms with Crippen LogP contribution in [0.5, 0.6) is 0 Å². The van der Waals surface area contributed by atoms with Crippen molar-refractivity contribution in [3.05, 3.63) is 48.2 Å². The van der Waals surface area contributed by atoms with Crippen molar-refractivity contribution in [3.8, 4) is 0 Å². The van der Waals surface area contributed by atoms with Crippen molar-refractivity contribution >= 4 is 22.9 Å². The Morgan fingerprint density at radius 1 is 1.46 bits per heavy atom. The molecular formula is C16H18N6O2. The first-order chi connectivity index (χ1) is 11.7. The molecule has 0 saturated heterocycles. The molecule has 0 aliphatic rings. The summed E-state index contributed by atoms with van der Waals surface area (Å²) in [5.41, 5.74) is 4.29. The lowest BCUT2D eigenvalue weighted by molar-refractivity contribution is -0.124. The van der Waals surface area contributed by atoms with Crippen LogP contribution in [0.3, 0.4) is 0 Å². The van der Waals surface area contributed by atoms with Crippen molar-refractivity contribution in [2.45, 2.75) is 26.4 Å². The lowest BCUT2D eigenvalue weighted by Gasteiger charge is -2.08. The molecule has 0 aliphatic heterocycles. The van der Waals surface area contributed by atoms with E-state index in [1.54, 1.807) is 17.1 Å². The summed E-state index contributed by atoms with van der Waals surface area (Å²) < 4.78 is 3.95. The van der Waals surface area contributed by atoms with Gasteiger partial charge in [0.25, 0.3) is 5.91 Å². The van der Waals surface area contributed by atoms with E-state index in [2.05, 4.69) is 32.9 Å². The molecule has 0 spiro atoms. The summed E-state index contributed by atoms with van der Waals surface area (Å²) in [6.07, 6.45) is 9.10. The molecule has 0 bridgehead atoms. The highest BCUT2D eigenvalue weighted by molar-refractivity contribution is 5.90. The Hall–Kier alpha value is -3.00. The van der Waals surface area contributed by atoms with Crippen molar-refractivity contribution in [1.82, 2.24) is 30.0 Å². The molecular weight excluding hydrogens is 308 g/mol. The zero-order chi connectivity index (χ0) is 16.9. The highest BCUT2D eigenvalue weighted by Gasteiger charge is 2.09. The van der Waals surface area contributed by atoms with Crippen LogP contribution in [0.4, 0.5) is 0 Å². The minimum absolute atomic E-state index is 0.540. The minimum atomic E-state index is -0.611. The van der Waals surface area contributed by atoms with E-state index >= 15 is 0 Å². The summed E-state index contributed by atoms with van der Waals surface area (Å²) in [5.74, 6) is -0.611. The molecule has 8 nitrogen and oxygen atoms in total. The maximum atomic E-state index is 11.0. The number of nitrogens with zero attached hydrogens (tertiary/aromatic N) is 5. The lowest BCUT2D eigenvalue weighted by Crippen LogP contribution is -2.14. The molecule has 0 fully saturated rings. The van der Waals surface area contributed by atoms with Crippen molar-refractivity contribution in [2.75, 3.05) is 0 Å². The van der Waals surface area contributed by atoms with Crippen LogP contribution < -0.4 is 5.48 Å². The third kappa shape index (κ3) is 3.33. The first kappa shape index (κ1) is 15.9. The predicted molar refractivity (Wildman–Crippen MR) is 88.1 cm³/mol. The second kappa shape index (κ2) is 7.05. The van der Waals surface area contributed by atoms with Crippen molar-refractivity contribution in [1.29, 1.82) is 0 Å². The maximum absolute atomic E-state index is 11.0. The molecule has 3 rings (SSSR count). The number of hydrogen-bond donors (Lipinski definition) is 2. The Kier molecular flexibility index (Phi) is 4.66. The second-order valence-corrected chi connectivity index (χ2v) is 5.37. The Labute approximate surface area is 138 Å². The van der Waals surface area contributed by atoms with Gasteiger partial charge in [-0.2, -0.15) is 0 Å². The fourth-order valence-electron chi connectivity index (χ4n) is 2.61. The van der Waals surface area contributed by atoms with Crippen LogP contribution in [0.2, 0.25) is 0 Å². The Morgan fingerprint density at radius 2 is 2.33 bits per heavy atom. The number of hydrogen-bond acceptors (Lipinski definition) is 5. The van der Waals surface area contributed by atoms with Gasteiger partial charge in [0.15, 0.2) is 0 Å². The number of amides is 1. The Balaban J connectivity index is 1.85. The molecule has 0 aliphatic carbocycles. The minimum Gasteiger partial charge on any atom is -0.342 e. The maximum Gasteiger partial charge on any atom is 0.267 e. The van der Waals surface area contributed by atoms with Gasteiger partial charge in [0, 0.05) is 29.9 Å². The largest absolute Gasteiger partial charge is 0.342 e. The molecule has 3 heterocycles. The van der Waals surface area contributed by atoms with E-state index in [-0.39, 0.29) is 0 Å². The average molecular weight is 326 g/mol. The second-order valence-electron chi connectivity index (χ2n) is 5.37. The molecule has 2 N–H and O–H groups in total. The number of nitrogens with one attached hydrogen (secondary N) is 1. The summed E-state index contributed by atoms with van der Waals surface area (Å²) in [7, 11) is 0. The molecule has 1 amide bonds. The Morgan fingerprint density at radius 3 is 3.12 bits per heavy atom. The van der Waals surface area contributed by atoms with E-state index < -0.39 is 5.91 Å². The van der Waals surface area contributed by atoms with E-state index in [1.807, 2.05) is 12.3 Å². The number of hydroxylamine groups is 1. The monoisotopic (exact) mass is 326 g/mol. The average Bonchev–Trinajstić information content (AvgIpc) is 3.18. The van der Waals surface area contributed by atoms with E-state index in [0.29, 0.717) is 12.2 Å². The van der Waals surface area contributed by atoms with Gasteiger partial charge in [0.05, 0.1) is 24.5 Å². The SMILES string of the molecule is CCCn1c(Cn2cc(/C=C/C(=O)NO)nn2)cc2ccncc21. The van der Waals surface area contributed by atoms with Crippen LogP contribution in [-0.2, 0) is 17.9 Å². The quantitative estimate of drug-likeness (QED) is 0.407. The van der Waals surface area contributed by atoms with Crippen molar-refractivity contribution in [2.24, 2.45) is 0 Å². The molecule has 0 unspecified atom stereocenters. The third-order valence-corrected chi connectivity index (χ3v) is 3.64. The standard InChI is InChI=1S/C16H18N6O2/c1-2-7-22-14(8-12-5-6-17-9-15(12)22)11-21-10-13(18-20-21)3-4-16(23)19-24/h3-6,8-10,24H,2,7,11H2,1H3,(H,19,23)/b4-3+. The molecule has 24 heavy (non-hydrogen) atoms. The van der Waals surface area contributed by atoms with Gasteiger partial charge < -0.3 is 4.57 Å². The highest BCUT2D eigenvalue weighted by Crippen LogP contribution is 2.20. The number of rotatable bonds is 6. The van der Waals surface area contributed by atoms with Crippen LogP contribution in [0.15, 0.2) is 36.8 Å². The molecule has 0 radical (unpaired) electrons. The van der Waals surface area contributed by atoms with Gasteiger partial charge >= 0.3 is 0 Å². The zero-order valence-electron chi connectivity index (χ0n) is 13.3. The molecule has 8 heteroatoms. The summed E-state index contributed by atoms with van der Waals surface area (Å²) >= 11 is 0. The first-order valence-electron chi connectivity index (χ1n) is 7.65. The third-order valence-electron chi connectivity index (χ3n) is 3.64.